The molecule has 1 atom stereocenters. The van der Waals surface area contributed by atoms with Gasteiger partial charge in [0.25, 0.3) is 0 Å². The van der Waals surface area contributed by atoms with E-state index in [2.05, 4.69) is 40.9 Å². The van der Waals surface area contributed by atoms with Crippen molar-refractivity contribution in [2.45, 2.75) is 13.0 Å². The molecule has 1 heterocycles. The van der Waals surface area contributed by atoms with E-state index in [1.807, 2.05) is 25.2 Å². The Labute approximate surface area is 136 Å². The lowest BCUT2D eigenvalue weighted by Gasteiger charge is -2.15. The quantitative estimate of drug-likeness (QED) is 0.645. The summed E-state index contributed by atoms with van der Waals surface area (Å²) < 4.78 is 20.1. The van der Waals surface area contributed by atoms with Gasteiger partial charge in [0.05, 0.1) is 6.04 Å². The number of nitrogens with one attached hydrogen (secondary N) is 1. The smallest absolute Gasteiger partial charge is 0.134 e. The van der Waals surface area contributed by atoms with E-state index >= 15 is 0 Å². The molecule has 0 spiro atoms. The zero-order valence-corrected chi connectivity index (χ0v) is 13.9. The van der Waals surface area contributed by atoms with Crippen LogP contribution in [0.2, 0.25) is 0 Å². The first-order chi connectivity index (χ1) is 10.1. The Bertz CT molecular complexity index is 797. The van der Waals surface area contributed by atoms with Crippen LogP contribution in [-0.2, 0) is 0 Å². The molecule has 0 amide bonds. The third kappa shape index (κ3) is 2.82. The first-order valence-electron chi connectivity index (χ1n) is 6.71. The standard InChI is InChI=1S/C17H15FINO/c1-10-3-6-15-11(7-10)8-16(21-15)17(20-2)13-5-4-12(18)9-14(13)19/h3-9,17,20H,1-2H3. The second kappa shape index (κ2) is 5.77. The molecular formula is C17H15FINO. The Kier molecular flexibility index (Phi) is 3.99. The first kappa shape index (κ1) is 14.5. The molecule has 1 N–H and O–H groups in total. The summed E-state index contributed by atoms with van der Waals surface area (Å²) in [5.74, 6) is 0.612. The predicted octanol–water partition coefficient (Wildman–Crippen LogP) is 4.79. The van der Waals surface area contributed by atoms with Gasteiger partial charge in [-0.3, -0.25) is 0 Å². The van der Waals surface area contributed by atoms with Gasteiger partial charge >= 0.3 is 0 Å². The molecule has 2 nitrogen and oxygen atoms in total. The van der Waals surface area contributed by atoms with Crippen molar-refractivity contribution in [2.75, 3.05) is 7.05 Å². The second-order valence-corrected chi connectivity index (χ2v) is 6.24. The summed E-state index contributed by atoms with van der Waals surface area (Å²) in [5.41, 5.74) is 3.08. The Balaban J connectivity index is 2.09. The zero-order chi connectivity index (χ0) is 15.0. The van der Waals surface area contributed by atoms with Gasteiger partial charge in [-0.05, 0) is 72.5 Å². The van der Waals surface area contributed by atoms with Gasteiger partial charge in [-0.1, -0.05) is 17.7 Å². The molecule has 108 valence electrons. The van der Waals surface area contributed by atoms with Crippen LogP contribution in [0.25, 0.3) is 11.0 Å². The molecule has 21 heavy (non-hydrogen) atoms. The van der Waals surface area contributed by atoms with Gasteiger partial charge in [-0.25, -0.2) is 4.39 Å². The second-order valence-electron chi connectivity index (χ2n) is 5.08. The molecule has 0 bridgehead atoms. The number of hydrogen-bond donors (Lipinski definition) is 1. The van der Waals surface area contributed by atoms with Gasteiger partial charge in [-0.15, -0.1) is 0 Å². The van der Waals surface area contributed by atoms with Crippen molar-refractivity contribution in [3.05, 3.63) is 68.7 Å². The number of benzene rings is 2. The molecule has 3 rings (SSSR count). The summed E-state index contributed by atoms with van der Waals surface area (Å²) in [6, 6.07) is 12.9. The lowest BCUT2D eigenvalue weighted by atomic mass is 10.0. The van der Waals surface area contributed by atoms with Gasteiger partial charge < -0.3 is 9.73 Å². The highest BCUT2D eigenvalue weighted by Gasteiger charge is 2.19. The number of rotatable bonds is 3. The molecule has 3 aromatic rings. The topological polar surface area (TPSA) is 25.2 Å². The third-order valence-electron chi connectivity index (χ3n) is 3.54. The molecule has 1 aromatic heterocycles. The maximum atomic E-state index is 13.3. The molecule has 2 aromatic carbocycles. The minimum absolute atomic E-state index is 0.0924. The molecule has 0 saturated carbocycles. The van der Waals surface area contributed by atoms with Gasteiger partial charge in [0.2, 0.25) is 0 Å². The molecule has 0 fully saturated rings. The van der Waals surface area contributed by atoms with Crippen LogP contribution >= 0.6 is 22.6 Å². The van der Waals surface area contributed by atoms with Crippen LogP contribution in [0, 0.1) is 16.3 Å². The number of halogens is 2. The van der Waals surface area contributed by atoms with E-state index in [9.17, 15) is 4.39 Å². The highest BCUT2D eigenvalue weighted by atomic mass is 127. The Morgan fingerprint density at radius 2 is 1.95 bits per heavy atom. The maximum absolute atomic E-state index is 13.3. The fraction of sp³-hybridized carbons (Fsp3) is 0.176. The van der Waals surface area contributed by atoms with Gasteiger partial charge in [0.1, 0.15) is 17.2 Å². The van der Waals surface area contributed by atoms with Crippen LogP contribution in [0.1, 0.15) is 22.9 Å². The molecule has 0 aliphatic heterocycles. The summed E-state index contributed by atoms with van der Waals surface area (Å²) in [7, 11) is 1.88. The molecular weight excluding hydrogens is 380 g/mol. The monoisotopic (exact) mass is 395 g/mol. The third-order valence-corrected chi connectivity index (χ3v) is 4.47. The highest BCUT2D eigenvalue weighted by Crippen LogP contribution is 2.31. The predicted molar refractivity (Wildman–Crippen MR) is 91.0 cm³/mol. The van der Waals surface area contributed by atoms with Crippen molar-refractivity contribution in [3.8, 4) is 0 Å². The van der Waals surface area contributed by atoms with Crippen molar-refractivity contribution in [2.24, 2.45) is 0 Å². The number of fused-ring (bicyclic) bond motifs is 1. The van der Waals surface area contributed by atoms with E-state index in [-0.39, 0.29) is 11.9 Å². The first-order valence-corrected chi connectivity index (χ1v) is 7.78. The van der Waals surface area contributed by atoms with Crippen LogP contribution in [0.5, 0.6) is 0 Å². The molecule has 0 radical (unpaired) electrons. The maximum Gasteiger partial charge on any atom is 0.134 e. The van der Waals surface area contributed by atoms with Crippen molar-refractivity contribution in [3.63, 3.8) is 0 Å². The van der Waals surface area contributed by atoms with Crippen LogP contribution in [0.3, 0.4) is 0 Å². The van der Waals surface area contributed by atoms with Crippen LogP contribution < -0.4 is 5.32 Å². The summed E-state index contributed by atoms with van der Waals surface area (Å²) in [4.78, 5) is 0. The van der Waals surface area contributed by atoms with Gasteiger partial charge in [-0.2, -0.15) is 0 Å². The zero-order valence-electron chi connectivity index (χ0n) is 11.8. The van der Waals surface area contributed by atoms with E-state index in [0.717, 1.165) is 25.9 Å². The van der Waals surface area contributed by atoms with Gasteiger partial charge in [0, 0.05) is 8.96 Å². The summed E-state index contributed by atoms with van der Waals surface area (Å²) in [6.07, 6.45) is 0. The highest BCUT2D eigenvalue weighted by molar-refractivity contribution is 14.1. The van der Waals surface area contributed by atoms with Crippen molar-refractivity contribution in [1.82, 2.24) is 5.32 Å². The number of hydrogen-bond acceptors (Lipinski definition) is 2. The summed E-state index contributed by atoms with van der Waals surface area (Å²) >= 11 is 2.15. The Morgan fingerprint density at radius 1 is 1.14 bits per heavy atom. The van der Waals surface area contributed by atoms with Crippen LogP contribution in [0.15, 0.2) is 46.9 Å². The van der Waals surface area contributed by atoms with E-state index in [0.29, 0.717) is 0 Å². The Hall–Kier alpha value is -1.40. The van der Waals surface area contributed by atoms with Crippen molar-refractivity contribution >= 4 is 33.6 Å². The minimum Gasteiger partial charge on any atom is -0.459 e. The van der Waals surface area contributed by atoms with E-state index in [1.54, 1.807) is 6.07 Å². The molecule has 0 aliphatic carbocycles. The van der Waals surface area contributed by atoms with E-state index in [4.69, 9.17) is 4.42 Å². The minimum atomic E-state index is -0.224. The Morgan fingerprint density at radius 3 is 2.67 bits per heavy atom. The average Bonchev–Trinajstić information content (AvgIpc) is 2.84. The fourth-order valence-electron chi connectivity index (χ4n) is 2.51. The van der Waals surface area contributed by atoms with Crippen LogP contribution in [0.4, 0.5) is 4.39 Å². The average molecular weight is 395 g/mol. The van der Waals surface area contributed by atoms with Crippen LogP contribution in [-0.4, -0.2) is 7.05 Å². The molecule has 0 saturated heterocycles. The molecule has 4 heteroatoms. The largest absolute Gasteiger partial charge is 0.459 e. The lowest BCUT2D eigenvalue weighted by Crippen LogP contribution is -2.18. The number of aryl methyl sites for hydroxylation is 1. The normalized spacial score (nSPS) is 12.8. The summed E-state index contributed by atoms with van der Waals surface area (Å²) in [6.45, 7) is 2.06. The lowest BCUT2D eigenvalue weighted by molar-refractivity contribution is 0.490. The SMILES string of the molecule is CNC(c1cc2cc(C)ccc2o1)c1ccc(F)cc1I. The molecule has 1 unspecified atom stereocenters. The van der Waals surface area contributed by atoms with Gasteiger partial charge in [0.15, 0.2) is 0 Å². The van der Waals surface area contributed by atoms with Crippen molar-refractivity contribution in [1.29, 1.82) is 0 Å². The van der Waals surface area contributed by atoms with Crippen molar-refractivity contribution < 1.29 is 8.81 Å². The van der Waals surface area contributed by atoms with E-state index < -0.39 is 0 Å². The van der Waals surface area contributed by atoms with E-state index in [1.165, 1.54) is 17.7 Å². The number of furan rings is 1. The fourth-order valence-corrected chi connectivity index (χ4v) is 3.30. The summed E-state index contributed by atoms with van der Waals surface area (Å²) in [5, 5.41) is 4.34. The molecule has 0 aliphatic rings.